The number of nitrogens with one attached hydrogen (secondary N) is 1. The third kappa shape index (κ3) is 7.34. The van der Waals surface area contributed by atoms with E-state index >= 15 is 0 Å². The predicted octanol–water partition coefficient (Wildman–Crippen LogP) is 5.70. The van der Waals surface area contributed by atoms with Gasteiger partial charge in [0.1, 0.15) is 6.04 Å². The first-order chi connectivity index (χ1) is 15.8. The normalized spacial score (nSPS) is 11.8. The Morgan fingerprint density at radius 2 is 1.42 bits per heavy atom. The molecule has 172 valence electrons. The number of halogens is 2. The van der Waals surface area contributed by atoms with E-state index in [-0.39, 0.29) is 30.8 Å². The van der Waals surface area contributed by atoms with Crippen LogP contribution in [-0.2, 0) is 29.0 Å². The van der Waals surface area contributed by atoms with Crippen LogP contribution in [0.3, 0.4) is 0 Å². The van der Waals surface area contributed by atoms with Crippen molar-refractivity contribution in [1.82, 2.24) is 10.2 Å². The molecule has 3 rings (SSSR count). The van der Waals surface area contributed by atoms with Crippen molar-refractivity contribution in [3.63, 3.8) is 0 Å². The maximum absolute atomic E-state index is 13.6. The van der Waals surface area contributed by atoms with Crippen LogP contribution >= 0.6 is 23.2 Å². The number of benzene rings is 3. The van der Waals surface area contributed by atoms with E-state index in [2.05, 4.69) is 5.32 Å². The molecule has 33 heavy (non-hydrogen) atoms. The molecule has 6 heteroatoms. The second-order valence-electron chi connectivity index (χ2n) is 8.30. The predicted molar refractivity (Wildman–Crippen MR) is 134 cm³/mol. The number of carbonyl (C=O) groups excluding carboxylic acids is 2. The summed E-state index contributed by atoms with van der Waals surface area (Å²) in [6.07, 6.45) is 0.601. The second kappa shape index (κ2) is 11.9. The summed E-state index contributed by atoms with van der Waals surface area (Å²) in [4.78, 5) is 28.5. The molecule has 0 saturated carbocycles. The molecule has 0 saturated heterocycles. The highest BCUT2D eigenvalue weighted by Gasteiger charge is 2.30. The van der Waals surface area contributed by atoms with Crippen LogP contribution in [-0.4, -0.2) is 28.8 Å². The average molecular weight is 483 g/mol. The molecule has 0 aromatic heterocycles. The summed E-state index contributed by atoms with van der Waals surface area (Å²) in [6.45, 7) is 4.06. The maximum Gasteiger partial charge on any atom is 0.243 e. The first-order valence-electron chi connectivity index (χ1n) is 10.9. The van der Waals surface area contributed by atoms with Crippen LogP contribution in [0, 0.1) is 0 Å². The summed E-state index contributed by atoms with van der Waals surface area (Å²) in [5.74, 6) is -0.317. The topological polar surface area (TPSA) is 49.4 Å². The van der Waals surface area contributed by atoms with Crippen LogP contribution in [0.5, 0.6) is 0 Å². The van der Waals surface area contributed by atoms with Gasteiger partial charge in [-0.15, -0.1) is 0 Å². The minimum atomic E-state index is -0.680. The van der Waals surface area contributed by atoms with E-state index in [4.69, 9.17) is 23.2 Å². The van der Waals surface area contributed by atoms with E-state index in [0.717, 1.165) is 16.7 Å². The summed E-state index contributed by atoms with van der Waals surface area (Å²) in [5, 5.41) is 3.85. The van der Waals surface area contributed by atoms with Crippen LogP contribution in [0.4, 0.5) is 0 Å². The lowest BCUT2D eigenvalue weighted by Gasteiger charge is -2.32. The van der Waals surface area contributed by atoms with Crippen molar-refractivity contribution in [3.8, 4) is 0 Å². The highest BCUT2D eigenvalue weighted by molar-refractivity contribution is 6.42. The smallest absolute Gasteiger partial charge is 0.243 e. The average Bonchev–Trinajstić information content (AvgIpc) is 2.79. The van der Waals surface area contributed by atoms with Gasteiger partial charge in [0.25, 0.3) is 0 Å². The number of amides is 2. The van der Waals surface area contributed by atoms with Gasteiger partial charge in [-0.1, -0.05) is 89.9 Å². The first kappa shape index (κ1) is 24.8. The molecule has 0 bridgehead atoms. The van der Waals surface area contributed by atoms with Gasteiger partial charge < -0.3 is 10.2 Å². The van der Waals surface area contributed by atoms with E-state index in [1.165, 1.54) is 0 Å². The molecule has 4 nitrogen and oxygen atoms in total. The lowest BCUT2D eigenvalue weighted by Crippen LogP contribution is -2.52. The maximum atomic E-state index is 13.6. The van der Waals surface area contributed by atoms with E-state index in [0.29, 0.717) is 16.5 Å². The van der Waals surface area contributed by atoms with Gasteiger partial charge >= 0.3 is 0 Å². The largest absolute Gasteiger partial charge is 0.352 e. The minimum absolute atomic E-state index is 0.0492. The Labute approximate surface area is 205 Å². The summed E-state index contributed by atoms with van der Waals surface area (Å²) < 4.78 is 0. The fraction of sp³-hybridized carbons (Fsp3) is 0.259. The molecule has 0 spiro atoms. The Hall–Kier alpha value is -2.82. The quantitative estimate of drug-likeness (QED) is 0.425. The number of carbonyl (C=O) groups is 2. The van der Waals surface area contributed by atoms with Gasteiger partial charge in [-0.3, -0.25) is 9.59 Å². The molecular formula is C27H28Cl2N2O2. The van der Waals surface area contributed by atoms with Crippen molar-refractivity contribution >= 4 is 35.0 Å². The Morgan fingerprint density at radius 1 is 0.818 bits per heavy atom. The molecule has 2 amide bonds. The summed E-state index contributed by atoms with van der Waals surface area (Å²) in [6, 6.07) is 23.8. The first-order valence-corrected chi connectivity index (χ1v) is 11.7. The van der Waals surface area contributed by atoms with Gasteiger partial charge in [-0.25, -0.2) is 0 Å². The molecule has 0 aliphatic carbocycles. The standard InChI is InChI=1S/C27H28Cl2N2O2/c1-19(2)30-27(33)25(16-20-9-5-3-6-10-20)31(18-22-13-14-23(28)24(29)15-22)26(32)17-21-11-7-4-8-12-21/h3-15,19,25H,16-18H2,1-2H3,(H,30,33)/t25-/m1/s1. The molecule has 0 heterocycles. The zero-order valence-electron chi connectivity index (χ0n) is 18.8. The highest BCUT2D eigenvalue weighted by atomic mass is 35.5. The molecule has 0 aliphatic rings. The Bertz CT molecular complexity index is 1070. The van der Waals surface area contributed by atoms with Crippen molar-refractivity contribution in [2.24, 2.45) is 0 Å². The van der Waals surface area contributed by atoms with Gasteiger partial charge in [-0.2, -0.15) is 0 Å². The van der Waals surface area contributed by atoms with Gasteiger partial charge in [0.15, 0.2) is 0 Å². The molecular weight excluding hydrogens is 455 g/mol. The van der Waals surface area contributed by atoms with Crippen LogP contribution in [0.1, 0.15) is 30.5 Å². The van der Waals surface area contributed by atoms with E-state index in [1.54, 1.807) is 17.0 Å². The molecule has 1 N–H and O–H groups in total. The van der Waals surface area contributed by atoms with E-state index < -0.39 is 6.04 Å². The van der Waals surface area contributed by atoms with Crippen LogP contribution < -0.4 is 5.32 Å². The van der Waals surface area contributed by atoms with Gasteiger partial charge in [0.2, 0.25) is 11.8 Å². The van der Waals surface area contributed by atoms with E-state index in [9.17, 15) is 9.59 Å². The van der Waals surface area contributed by atoms with Crippen molar-refractivity contribution in [3.05, 3.63) is 106 Å². The van der Waals surface area contributed by atoms with E-state index in [1.807, 2.05) is 80.6 Å². The van der Waals surface area contributed by atoms with Crippen molar-refractivity contribution in [2.45, 2.75) is 45.3 Å². The highest BCUT2D eigenvalue weighted by Crippen LogP contribution is 2.24. The lowest BCUT2D eigenvalue weighted by atomic mass is 10.0. The fourth-order valence-electron chi connectivity index (χ4n) is 3.64. The lowest BCUT2D eigenvalue weighted by molar-refractivity contribution is -0.141. The SMILES string of the molecule is CC(C)NC(=O)[C@@H](Cc1ccccc1)N(Cc1ccc(Cl)c(Cl)c1)C(=O)Cc1ccccc1. The molecule has 0 fully saturated rings. The van der Waals surface area contributed by atoms with Gasteiger partial charge in [-0.05, 0) is 42.7 Å². The van der Waals surface area contributed by atoms with Crippen molar-refractivity contribution < 1.29 is 9.59 Å². The summed E-state index contributed by atoms with van der Waals surface area (Å²) in [7, 11) is 0. The number of hydrogen-bond acceptors (Lipinski definition) is 2. The van der Waals surface area contributed by atoms with Crippen LogP contribution in [0.2, 0.25) is 10.0 Å². The number of nitrogens with zero attached hydrogens (tertiary/aromatic N) is 1. The third-order valence-electron chi connectivity index (χ3n) is 5.24. The van der Waals surface area contributed by atoms with Crippen LogP contribution in [0.15, 0.2) is 78.9 Å². The Kier molecular flexibility index (Phi) is 8.93. The monoisotopic (exact) mass is 482 g/mol. The molecule has 1 atom stereocenters. The molecule has 3 aromatic carbocycles. The second-order valence-corrected chi connectivity index (χ2v) is 9.12. The Balaban J connectivity index is 1.97. The number of rotatable bonds is 9. The molecule has 0 aliphatic heterocycles. The van der Waals surface area contributed by atoms with Crippen LogP contribution in [0.25, 0.3) is 0 Å². The minimum Gasteiger partial charge on any atom is -0.352 e. The van der Waals surface area contributed by atoms with Crippen molar-refractivity contribution in [1.29, 1.82) is 0 Å². The van der Waals surface area contributed by atoms with Crippen molar-refractivity contribution in [2.75, 3.05) is 0 Å². The van der Waals surface area contributed by atoms with Gasteiger partial charge in [0.05, 0.1) is 16.5 Å². The fourth-order valence-corrected chi connectivity index (χ4v) is 3.96. The summed E-state index contributed by atoms with van der Waals surface area (Å²) >= 11 is 12.3. The third-order valence-corrected chi connectivity index (χ3v) is 5.98. The molecule has 0 radical (unpaired) electrons. The van der Waals surface area contributed by atoms with Gasteiger partial charge in [0, 0.05) is 19.0 Å². The Morgan fingerprint density at radius 3 is 2.00 bits per heavy atom. The number of hydrogen-bond donors (Lipinski definition) is 1. The summed E-state index contributed by atoms with van der Waals surface area (Å²) in [5.41, 5.74) is 2.68. The zero-order valence-corrected chi connectivity index (χ0v) is 20.3. The zero-order chi connectivity index (χ0) is 23.8. The molecule has 0 unspecified atom stereocenters. The molecule has 3 aromatic rings.